The van der Waals surface area contributed by atoms with Gasteiger partial charge in [-0.05, 0) is 0 Å². The minimum absolute atomic E-state index is 0. The largest absolute Gasteiger partial charge is 0 e. The summed E-state index contributed by atoms with van der Waals surface area (Å²) < 4.78 is 0. The zero-order chi connectivity index (χ0) is 0. The standard InChI is InChI=1S/3Fe.Nb. The van der Waals surface area contributed by atoms with Gasteiger partial charge in [0.25, 0.3) is 0 Å². The molecule has 0 aliphatic carbocycles. The zero-order valence-corrected chi connectivity index (χ0v) is 7.02. The van der Waals surface area contributed by atoms with Crippen LogP contribution in [0.4, 0.5) is 0 Å². The second-order valence-corrected chi connectivity index (χ2v) is 0. The summed E-state index contributed by atoms with van der Waals surface area (Å²) >= 11 is 0. The third-order valence-electron chi connectivity index (χ3n) is 0. The maximum Gasteiger partial charge on any atom is 0 e. The molecule has 0 aromatic heterocycles. The Labute approximate surface area is 72.8 Å². The van der Waals surface area contributed by atoms with Crippen molar-refractivity contribution < 1.29 is 73.6 Å². The molecule has 1 radical (unpaired) electrons. The first kappa shape index (κ1) is 33.5. The van der Waals surface area contributed by atoms with Gasteiger partial charge in [-0.1, -0.05) is 0 Å². The van der Waals surface area contributed by atoms with Gasteiger partial charge in [0.15, 0.2) is 0 Å². The summed E-state index contributed by atoms with van der Waals surface area (Å²) in [6.07, 6.45) is 0. The first-order valence-electron chi connectivity index (χ1n) is 0. The van der Waals surface area contributed by atoms with Crippen LogP contribution in [0.3, 0.4) is 0 Å². The van der Waals surface area contributed by atoms with Crippen molar-refractivity contribution in [3.8, 4) is 0 Å². The van der Waals surface area contributed by atoms with E-state index in [0.717, 1.165) is 0 Å². The van der Waals surface area contributed by atoms with Gasteiger partial charge in [0.2, 0.25) is 0 Å². The van der Waals surface area contributed by atoms with Gasteiger partial charge in [-0.25, -0.2) is 0 Å². The fourth-order valence-corrected chi connectivity index (χ4v) is 0. The Bertz CT molecular complexity index is 3.25. The fourth-order valence-electron chi connectivity index (χ4n) is 0. The molecule has 0 aromatic carbocycles. The van der Waals surface area contributed by atoms with E-state index in [9.17, 15) is 0 Å². The Balaban J connectivity index is 0. The van der Waals surface area contributed by atoms with Gasteiger partial charge in [0, 0.05) is 73.6 Å². The minimum Gasteiger partial charge on any atom is 0 e. The van der Waals surface area contributed by atoms with Crippen molar-refractivity contribution in [2.75, 3.05) is 0 Å². The molecule has 0 N–H and O–H groups in total. The first-order chi connectivity index (χ1) is 0. The zero-order valence-electron chi connectivity index (χ0n) is 1.51. The van der Waals surface area contributed by atoms with Crippen molar-refractivity contribution in [3.63, 3.8) is 0 Å². The molecule has 0 atom stereocenters. The van der Waals surface area contributed by atoms with E-state index in [1.807, 2.05) is 0 Å². The van der Waals surface area contributed by atoms with Crippen molar-refractivity contribution in [2.45, 2.75) is 0 Å². The Morgan fingerprint density at radius 3 is 0.500 bits per heavy atom. The number of hydrogen-bond donors (Lipinski definition) is 0. The molecular formula is Fe3Nb. The summed E-state index contributed by atoms with van der Waals surface area (Å²) in [5.41, 5.74) is 0. The maximum absolute atomic E-state index is 0. The van der Waals surface area contributed by atoms with E-state index >= 15 is 0 Å². The van der Waals surface area contributed by atoms with Gasteiger partial charge in [0.1, 0.15) is 0 Å². The molecule has 0 spiro atoms. The average Bonchev–Trinajstić information content (AvgIpc) is 0. The third-order valence-corrected chi connectivity index (χ3v) is 0. The Morgan fingerprint density at radius 1 is 0.500 bits per heavy atom. The van der Waals surface area contributed by atoms with Gasteiger partial charge < -0.3 is 0 Å². The summed E-state index contributed by atoms with van der Waals surface area (Å²) in [5, 5.41) is 0. The molecule has 0 bridgehead atoms. The monoisotopic (exact) mass is 261 g/mol. The topological polar surface area (TPSA) is 0 Å². The van der Waals surface area contributed by atoms with Gasteiger partial charge >= 0.3 is 0 Å². The molecule has 0 aliphatic heterocycles. The van der Waals surface area contributed by atoms with E-state index in [4.69, 9.17) is 0 Å². The summed E-state index contributed by atoms with van der Waals surface area (Å²) in [7, 11) is 0. The molecule has 0 aliphatic rings. The molecule has 4 heteroatoms. The van der Waals surface area contributed by atoms with Crippen LogP contribution in [-0.4, -0.2) is 0 Å². The van der Waals surface area contributed by atoms with E-state index in [1.54, 1.807) is 0 Å². The number of hydrogen-bond acceptors (Lipinski definition) is 0. The van der Waals surface area contributed by atoms with E-state index in [0.29, 0.717) is 0 Å². The van der Waals surface area contributed by atoms with Crippen LogP contribution in [0.15, 0.2) is 0 Å². The van der Waals surface area contributed by atoms with Crippen molar-refractivity contribution in [3.05, 3.63) is 0 Å². The van der Waals surface area contributed by atoms with Crippen LogP contribution in [0.2, 0.25) is 0 Å². The van der Waals surface area contributed by atoms with Gasteiger partial charge in [0.05, 0.1) is 0 Å². The smallest absolute Gasteiger partial charge is 0 e. The van der Waals surface area contributed by atoms with Crippen molar-refractivity contribution >= 4 is 0 Å². The Hall–Kier alpha value is 2.30. The van der Waals surface area contributed by atoms with Gasteiger partial charge in [-0.15, -0.1) is 0 Å². The number of rotatable bonds is 0. The van der Waals surface area contributed by atoms with Crippen LogP contribution < -0.4 is 0 Å². The SMILES string of the molecule is [Fe].[Fe].[Fe].[Nb]. The van der Waals surface area contributed by atoms with Crippen LogP contribution in [0.25, 0.3) is 0 Å². The Morgan fingerprint density at radius 2 is 0.500 bits per heavy atom. The second-order valence-electron chi connectivity index (χ2n) is 0. The molecule has 29 valence electrons. The molecule has 0 saturated carbocycles. The van der Waals surface area contributed by atoms with Gasteiger partial charge in [-0.2, -0.15) is 0 Å². The van der Waals surface area contributed by atoms with Crippen molar-refractivity contribution in [1.82, 2.24) is 0 Å². The molecule has 0 amide bonds. The maximum atomic E-state index is 0. The quantitative estimate of drug-likeness (QED) is 0.538. The van der Waals surface area contributed by atoms with E-state index in [2.05, 4.69) is 0 Å². The second kappa shape index (κ2) is 18.5. The normalized spacial score (nSPS) is 0. The molecule has 0 rings (SSSR count). The molecule has 0 saturated heterocycles. The van der Waals surface area contributed by atoms with Crippen molar-refractivity contribution in [2.24, 2.45) is 0 Å². The summed E-state index contributed by atoms with van der Waals surface area (Å²) in [6, 6.07) is 0. The van der Waals surface area contributed by atoms with Crippen LogP contribution in [0.5, 0.6) is 0 Å². The fraction of sp³-hybridized carbons (Fsp3) is 0. The van der Waals surface area contributed by atoms with E-state index in [1.165, 1.54) is 0 Å². The molecule has 0 nitrogen and oxygen atoms in total. The summed E-state index contributed by atoms with van der Waals surface area (Å²) in [5.74, 6) is 0. The Kier molecular flexibility index (Phi) is 155. The molecule has 0 unspecified atom stereocenters. The van der Waals surface area contributed by atoms with E-state index < -0.39 is 0 Å². The van der Waals surface area contributed by atoms with Crippen LogP contribution >= 0.6 is 0 Å². The predicted octanol–water partition coefficient (Wildman–Crippen LogP) is -0.0100. The summed E-state index contributed by atoms with van der Waals surface area (Å²) in [4.78, 5) is 0. The van der Waals surface area contributed by atoms with Crippen LogP contribution in [-0.2, 0) is 73.6 Å². The summed E-state index contributed by atoms with van der Waals surface area (Å²) in [6.45, 7) is 0. The van der Waals surface area contributed by atoms with Gasteiger partial charge in [-0.3, -0.25) is 0 Å². The third kappa shape index (κ3) is 8.85. The molecule has 4 heavy (non-hydrogen) atoms. The van der Waals surface area contributed by atoms with Crippen LogP contribution in [0.1, 0.15) is 0 Å². The van der Waals surface area contributed by atoms with Crippen LogP contribution in [0, 0.1) is 0 Å². The molecule has 0 fully saturated rings. The van der Waals surface area contributed by atoms with Crippen molar-refractivity contribution in [1.29, 1.82) is 0 Å². The predicted molar refractivity (Wildman–Crippen MR) is 0 cm³/mol. The minimum atomic E-state index is 0. The first-order valence-corrected chi connectivity index (χ1v) is 0. The molecule has 0 aromatic rings. The molecular weight excluding hydrogens is 260 g/mol. The molecule has 0 heterocycles. The average molecular weight is 260 g/mol. The van der Waals surface area contributed by atoms with E-state index in [-0.39, 0.29) is 73.6 Å².